The highest BCUT2D eigenvalue weighted by Crippen LogP contribution is 2.08. The van der Waals surface area contributed by atoms with Crippen LogP contribution in [0.5, 0.6) is 0 Å². The first kappa shape index (κ1) is 18.1. The Morgan fingerprint density at radius 1 is 1.20 bits per heavy atom. The lowest BCUT2D eigenvalue weighted by molar-refractivity contribution is -0.130. The van der Waals surface area contributed by atoms with Gasteiger partial charge in [0.2, 0.25) is 5.91 Å². The second-order valence-electron chi connectivity index (χ2n) is 5.89. The Morgan fingerprint density at radius 2 is 1.88 bits per heavy atom. The second-order valence-corrected chi connectivity index (χ2v) is 5.89. The summed E-state index contributed by atoms with van der Waals surface area (Å²) in [6, 6.07) is 13.9. The first-order valence-electron chi connectivity index (χ1n) is 7.86. The number of carbonyl (C=O) groups excluding carboxylic acids is 2. The Bertz CT molecular complexity index is 810. The van der Waals surface area contributed by atoms with Crippen molar-refractivity contribution in [3.8, 4) is 6.07 Å². The van der Waals surface area contributed by atoms with Gasteiger partial charge in [0.25, 0.3) is 5.91 Å². The summed E-state index contributed by atoms with van der Waals surface area (Å²) in [6.07, 6.45) is 0.388. The van der Waals surface area contributed by atoms with Crippen molar-refractivity contribution >= 4 is 11.8 Å². The molecule has 2 rings (SSSR count). The molecule has 0 radical (unpaired) electrons. The summed E-state index contributed by atoms with van der Waals surface area (Å²) in [6.45, 7) is 1.67. The molecule has 0 saturated heterocycles. The normalized spacial score (nSPS) is 11.3. The van der Waals surface area contributed by atoms with Crippen molar-refractivity contribution in [3.63, 3.8) is 0 Å². The summed E-state index contributed by atoms with van der Waals surface area (Å²) in [5.41, 5.74) is 2.03. The molecule has 1 N–H and O–H groups in total. The van der Waals surface area contributed by atoms with Crippen molar-refractivity contribution in [2.45, 2.75) is 19.4 Å². The minimum Gasteiger partial charge on any atom is -0.347 e. The number of carbonyl (C=O) groups is 2. The topological polar surface area (TPSA) is 86.1 Å². The van der Waals surface area contributed by atoms with Crippen LogP contribution < -0.4 is 5.32 Å². The summed E-state index contributed by atoms with van der Waals surface area (Å²) >= 11 is 0. The van der Waals surface area contributed by atoms with Gasteiger partial charge in [0.15, 0.2) is 0 Å². The molecule has 2 aromatic rings. The zero-order valence-corrected chi connectivity index (χ0v) is 14.5. The minimum atomic E-state index is -0.692. The van der Waals surface area contributed by atoms with Crippen LogP contribution in [0.3, 0.4) is 0 Å². The van der Waals surface area contributed by atoms with Crippen LogP contribution in [0.15, 0.2) is 42.5 Å². The molecule has 0 bridgehead atoms. The molecule has 1 atom stereocenters. The van der Waals surface area contributed by atoms with E-state index >= 15 is 0 Å². The van der Waals surface area contributed by atoms with Gasteiger partial charge in [0.05, 0.1) is 11.3 Å². The van der Waals surface area contributed by atoms with E-state index < -0.39 is 11.9 Å². The van der Waals surface area contributed by atoms with Crippen molar-refractivity contribution in [3.05, 3.63) is 65.0 Å². The zero-order chi connectivity index (χ0) is 18.4. The van der Waals surface area contributed by atoms with Crippen molar-refractivity contribution in [1.29, 1.82) is 5.26 Å². The molecule has 0 aliphatic carbocycles. The number of nitrogens with one attached hydrogen (secondary N) is 1. The van der Waals surface area contributed by atoms with E-state index in [9.17, 15) is 9.59 Å². The number of rotatable bonds is 5. The van der Waals surface area contributed by atoms with Gasteiger partial charge in [0, 0.05) is 20.5 Å². The molecule has 1 aromatic heterocycles. The first-order valence-corrected chi connectivity index (χ1v) is 7.86. The van der Waals surface area contributed by atoms with Crippen LogP contribution in [0.2, 0.25) is 0 Å². The third kappa shape index (κ3) is 4.64. The molecule has 0 aliphatic rings. The molecule has 25 heavy (non-hydrogen) atoms. The Labute approximate surface area is 147 Å². The number of aryl methyl sites for hydroxylation is 1. The summed E-state index contributed by atoms with van der Waals surface area (Å²) in [4.78, 5) is 30.5. The van der Waals surface area contributed by atoms with Crippen molar-refractivity contribution in [2.24, 2.45) is 0 Å². The lowest BCUT2D eigenvalue weighted by Crippen LogP contribution is -2.47. The fourth-order valence-corrected chi connectivity index (χ4v) is 2.40. The van der Waals surface area contributed by atoms with Crippen LogP contribution in [-0.4, -0.2) is 41.8 Å². The first-order chi connectivity index (χ1) is 11.9. The summed E-state index contributed by atoms with van der Waals surface area (Å²) in [7, 11) is 3.30. The third-order valence-electron chi connectivity index (χ3n) is 3.77. The lowest BCUT2D eigenvalue weighted by atomic mass is 10.0. The Hall–Kier alpha value is -3.20. The Kier molecular flexibility index (Phi) is 5.85. The number of nitriles is 1. The number of pyridine rings is 1. The molecule has 2 amide bonds. The van der Waals surface area contributed by atoms with Gasteiger partial charge in [-0.3, -0.25) is 9.59 Å². The maximum absolute atomic E-state index is 12.5. The van der Waals surface area contributed by atoms with Gasteiger partial charge in [-0.05, 0) is 24.6 Å². The summed E-state index contributed by atoms with van der Waals surface area (Å²) in [5.74, 6) is -0.633. The standard InChI is InChI=1S/C19H20N4O2/c1-13-15(12-20)9-10-16(21-13)18(24)22-17(19(25)23(2)3)11-14-7-5-4-6-8-14/h4-10,17H,11H2,1-3H3,(H,22,24)/t17-/m1/s1. The second kappa shape index (κ2) is 8.06. The zero-order valence-electron chi connectivity index (χ0n) is 14.5. The van der Waals surface area contributed by atoms with E-state index in [0.717, 1.165) is 5.56 Å². The molecular weight excluding hydrogens is 316 g/mol. The van der Waals surface area contributed by atoms with Gasteiger partial charge < -0.3 is 10.2 Å². The monoisotopic (exact) mass is 336 g/mol. The molecular formula is C19H20N4O2. The van der Waals surface area contributed by atoms with E-state index in [2.05, 4.69) is 10.3 Å². The van der Waals surface area contributed by atoms with E-state index in [1.165, 1.54) is 11.0 Å². The van der Waals surface area contributed by atoms with Crippen LogP contribution in [0.25, 0.3) is 0 Å². The van der Waals surface area contributed by atoms with Crippen LogP contribution in [0.1, 0.15) is 27.3 Å². The van der Waals surface area contributed by atoms with Crippen molar-refractivity contribution in [1.82, 2.24) is 15.2 Å². The van der Waals surface area contributed by atoms with E-state index in [0.29, 0.717) is 17.7 Å². The molecule has 1 heterocycles. The molecule has 0 fully saturated rings. The molecule has 6 heteroatoms. The number of nitrogens with zero attached hydrogens (tertiary/aromatic N) is 3. The molecule has 0 aliphatic heterocycles. The van der Waals surface area contributed by atoms with Gasteiger partial charge in [-0.25, -0.2) is 4.98 Å². The predicted octanol–water partition coefficient (Wildman–Crippen LogP) is 1.69. The van der Waals surface area contributed by atoms with Crippen LogP contribution in [-0.2, 0) is 11.2 Å². The number of hydrogen-bond donors (Lipinski definition) is 1. The van der Waals surface area contributed by atoms with E-state index in [1.54, 1.807) is 27.1 Å². The number of aromatic nitrogens is 1. The molecule has 128 valence electrons. The van der Waals surface area contributed by atoms with E-state index in [1.807, 2.05) is 36.4 Å². The average molecular weight is 336 g/mol. The number of hydrogen-bond acceptors (Lipinski definition) is 4. The Morgan fingerprint density at radius 3 is 2.44 bits per heavy atom. The van der Waals surface area contributed by atoms with Gasteiger partial charge in [-0.2, -0.15) is 5.26 Å². The summed E-state index contributed by atoms with van der Waals surface area (Å²) in [5, 5.41) is 11.7. The largest absolute Gasteiger partial charge is 0.347 e. The number of benzene rings is 1. The van der Waals surface area contributed by atoms with Crippen LogP contribution >= 0.6 is 0 Å². The highest BCUT2D eigenvalue weighted by Gasteiger charge is 2.24. The Balaban J connectivity index is 2.21. The van der Waals surface area contributed by atoms with E-state index in [4.69, 9.17) is 5.26 Å². The fourth-order valence-electron chi connectivity index (χ4n) is 2.40. The SMILES string of the molecule is Cc1nc(C(=O)N[C@H](Cc2ccccc2)C(=O)N(C)C)ccc1C#N. The molecule has 1 aromatic carbocycles. The van der Waals surface area contributed by atoms with Gasteiger partial charge in [-0.15, -0.1) is 0 Å². The predicted molar refractivity (Wildman–Crippen MR) is 93.8 cm³/mol. The molecule has 0 unspecified atom stereocenters. The van der Waals surface area contributed by atoms with Crippen LogP contribution in [0.4, 0.5) is 0 Å². The maximum Gasteiger partial charge on any atom is 0.270 e. The van der Waals surface area contributed by atoms with Gasteiger partial charge >= 0.3 is 0 Å². The van der Waals surface area contributed by atoms with Crippen LogP contribution in [0, 0.1) is 18.3 Å². The molecule has 0 saturated carbocycles. The average Bonchev–Trinajstić information content (AvgIpc) is 2.61. The highest BCUT2D eigenvalue weighted by molar-refractivity contribution is 5.96. The van der Waals surface area contributed by atoms with Crippen molar-refractivity contribution < 1.29 is 9.59 Å². The minimum absolute atomic E-state index is 0.182. The smallest absolute Gasteiger partial charge is 0.270 e. The number of likely N-dealkylation sites (N-methyl/N-ethyl adjacent to an activating group) is 1. The van der Waals surface area contributed by atoms with E-state index in [-0.39, 0.29) is 11.6 Å². The van der Waals surface area contributed by atoms with Crippen molar-refractivity contribution in [2.75, 3.05) is 14.1 Å². The third-order valence-corrected chi connectivity index (χ3v) is 3.77. The highest BCUT2D eigenvalue weighted by atomic mass is 16.2. The molecule has 0 spiro atoms. The quantitative estimate of drug-likeness (QED) is 0.900. The maximum atomic E-state index is 12.5. The lowest BCUT2D eigenvalue weighted by Gasteiger charge is -2.22. The number of amides is 2. The van der Waals surface area contributed by atoms with Gasteiger partial charge in [-0.1, -0.05) is 30.3 Å². The fraction of sp³-hybridized carbons (Fsp3) is 0.263. The molecule has 6 nitrogen and oxygen atoms in total. The summed E-state index contributed by atoms with van der Waals surface area (Å²) < 4.78 is 0. The van der Waals surface area contributed by atoms with Gasteiger partial charge in [0.1, 0.15) is 17.8 Å².